The fraction of sp³-hybridized carbons (Fsp3) is 0.0909. The smallest absolute Gasteiger partial charge is 0.159 e. The summed E-state index contributed by atoms with van der Waals surface area (Å²) in [7, 11) is 1.81. The topological polar surface area (TPSA) is 41.6 Å². The average molecular weight is 252 g/mol. The lowest BCUT2D eigenvalue weighted by molar-refractivity contribution is 0.924. The van der Waals surface area contributed by atoms with Crippen molar-refractivity contribution in [3.8, 4) is 17.5 Å². The number of aryl methyl sites for hydroxylation is 1. The van der Waals surface area contributed by atoms with E-state index in [0.29, 0.717) is 21.6 Å². The predicted octanol–water partition coefficient (Wildman–Crippen LogP) is 3.27. The quantitative estimate of drug-likeness (QED) is 0.781. The Kier molecular flexibility index (Phi) is 2.86. The highest BCUT2D eigenvalue weighted by atomic mass is 35.5. The molecule has 3 nitrogen and oxygen atoms in total. The average Bonchev–Trinajstić information content (AvgIpc) is 2.60. The Bertz CT molecular complexity index is 581. The number of hydrogen-bond acceptors (Lipinski definition) is 2. The number of nitrogens with zero attached hydrogens (tertiary/aromatic N) is 3. The number of halogens is 2. The second-order valence-electron chi connectivity index (χ2n) is 3.30. The Hall–Kier alpha value is -1.50. The molecule has 0 aliphatic rings. The molecule has 2 aromatic rings. The third kappa shape index (κ3) is 1.90. The van der Waals surface area contributed by atoms with Crippen LogP contribution in [0.3, 0.4) is 0 Å². The first-order chi connectivity index (χ1) is 7.61. The molecular formula is C11H7Cl2N3. The van der Waals surface area contributed by atoms with Gasteiger partial charge in [0.05, 0.1) is 5.02 Å². The molecule has 0 N–H and O–H groups in total. The molecule has 0 fully saturated rings. The number of benzene rings is 1. The van der Waals surface area contributed by atoms with Gasteiger partial charge in [-0.25, -0.2) is 4.98 Å². The molecule has 0 amide bonds. The molecule has 0 radical (unpaired) electrons. The predicted molar refractivity (Wildman–Crippen MR) is 63.4 cm³/mol. The van der Waals surface area contributed by atoms with Crippen molar-refractivity contribution in [2.75, 3.05) is 0 Å². The van der Waals surface area contributed by atoms with Gasteiger partial charge in [0.2, 0.25) is 0 Å². The largest absolute Gasteiger partial charge is 0.333 e. The lowest BCUT2D eigenvalue weighted by Gasteiger charge is -2.04. The van der Waals surface area contributed by atoms with Crippen molar-refractivity contribution in [1.29, 1.82) is 5.26 Å². The molecule has 0 bridgehead atoms. The number of aromatic nitrogens is 2. The minimum Gasteiger partial charge on any atom is -0.333 e. The minimum atomic E-state index is 0.364. The fourth-order valence-electron chi connectivity index (χ4n) is 1.44. The first-order valence-corrected chi connectivity index (χ1v) is 5.26. The van der Waals surface area contributed by atoms with Gasteiger partial charge in [0.1, 0.15) is 11.9 Å². The summed E-state index contributed by atoms with van der Waals surface area (Å²) in [5.41, 5.74) is 1.12. The van der Waals surface area contributed by atoms with Crippen molar-refractivity contribution < 1.29 is 0 Å². The van der Waals surface area contributed by atoms with Gasteiger partial charge in [0.25, 0.3) is 0 Å². The zero-order chi connectivity index (χ0) is 11.7. The van der Waals surface area contributed by atoms with Crippen LogP contribution < -0.4 is 0 Å². The Morgan fingerprint density at radius 3 is 2.69 bits per heavy atom. The molecule has 1 heterocycles. The lowest BCUT2D eigenvalue weighted by atomic mass is 10.2. The van der Waals surface area contributed by atoms with Gasteiger partial charge in [-0.3, -0.25) is 0 Å². The van der Waals surface area contributed by atoms with Gasteiger partial charge in [-0.2, -0.15) is 5.26 Å². The van der Waals surface area contributed by atoms with Gasteiger partial charge >= 0.3 is 0 Å². The van der Waals surface area contributed by atoms with E-state index in [1.54, 1.807) is 29.0 Å². The van der Waals surface area contributed by atoms with Gasteiger partial charge in [-0.05, 0) is 18.2 Å². The lowest BCUT2D eigenvalue weighted by Crippen LogP contribution is -1.91. The van der Waals surface area contributed by atoms with Gasteiger partial charge in [-0.1, -0.05) is 23.2 Å². The van der Waals surface area contributed by atoms with Crippen LogP contribution in [0.1, 0.15) is 5.69 Å². The van der Waals surface area contributed by atoms with Crippen molar-refractivity contribution in [1.82, 2.24) is 9.55 Å². The summed E-state index contributed by atoms with van der Waals surface area (Å²) in [5, 5.41) is 9.85. The van der Waals surface area contributed by atoms with Crippen molar-refractivity contribution in [2.45, 2.75) is 0 Å². The molecule has 16 heavy (non-hydrogen) atoms. The molecule has 0 aliphatic carbocycles. The Balaban J connectivity index is 2.59. The maximum atomic E-state index is 8.76. The van der Waals surface area contributed by atoms with E-state index in [-0.39, 0.29) is 0 Å². The van der Waals surface area contributed by atoms with Crippen LogP contribution in [0.2, 0.25) is 10.0 Å². The highest BCUT2D eigenvalue weighted by molar-refractivity contribution is 6.36. The van der Waals surface area contributed by atoms with Crippen LogP contribution in [-0.2, 0) is 7.05 Å². The number of rotatable bonds is 1. The van der Waals surface area contributed by atoms with Crippen LogP contribution in [0.4, 0.5) is 0 Å². The SMILES string of the molecule is Cn1cc(C#N)nc1-c1ccc(Cl)cc1Cl. The van der Waals surface area contributed by atoms with Gasteiger partial charge in [0.15, 0.2) is 5.69 Å². The van der Waals surface area contributed by atoms with E-state index in [4.69, 9.17) is 28.5 Å². The standard InChI is InChI=1S/C11H7Cl2N3/c1-16-6-8(5-14)15-11(16)9-3-2-7(12)4-10(9)13/h2-4,6H,1H3. The third-order valence-corrected chi connectivity index (χ3v) is 2.71. The molecule has 0 aliphatic heterocycles. The summed E-state index contributed by atoms with van der Waals surface area (Å²) in [6.45, 7) is 0. The highest BCUT2D eigenvalue weighted by Gasteiger charge is 2.11. The van der Waals surface area contributed by atoms with Gasteiger partial charge in [0, 0.05) is 23.8 Å². The second kappa shape index (κ2) is 4.17. The summed E-state index contributed by atoms with van der Waals surface area (Å²) in [6, 6.07) is 7.17. The van der Waals surface area contributed by atoms with Crippen LogP contribution in [0.5, 0.6) is 0 Å². The third-order valence-electron chi connectivity index (χ3n) is 2.16. The zero-order valence-electron chi connectivity index (χ0n) is 8.41. The summed E-state index contributed by atoms with van der Waals surface area (Å²) in [5.74, 6) is 0.651. The number of imidazole rings is 1. The molecule has 0 spiro atoms. The van der Waals surface area contributed by atoms with E-state index in [1.807, 2.05) is 13.1 Å². The van der Waals surface area contributed by atoms with E-state index >= 15 is 0 Å². The molecule has 1 aromatic heterocycles. The van der Waals surface area contributed by atoms with Crippen molar-refractivity contribution in [3.05, 3.63) is 40.1 Å². The summed E-state index contributed by atoms with van der Waals surface area (Å²) in [4.78, 5) is 4.16. The molecular weight excluding hydrogens is 245 g/mol. The molecule has 80 valence electrons. The van der Waals surface area contributed by atoms with Gasteiger partial charge < -0.3 is 4.57 Å². The molecule has 2 rings (SSSR count). The molecule has 1 aromatic carbocycles. The van der Waals surface area contributed by atoms with Crippen LogP contribution in [0, 0.1) is 11.3 Å². The minimum absolute atomic E-state index is 0.364. The van der Waals surface area contributed by atoms with Crippen molar-refractivity contribution in [3.63, 3.8) is 0 Å². The normalized spacial score (nSPS) is 10.1. The Labute approximate surface area is 103 Å². The Morgan fingerprint density at radius 1 is 1.38 bits per heavy atom. The van der Waals surface area contributed by atoms with Crippen LogP contribution in [0.15, 0.2) is 24.4 Å². The molecule has 0 atom stereocenters. The summed E-state index contributed by atoms with van der Waals surface area (Å²) in [6.07, 6.45) is 1.65. The number of nitriles is 1. The summed E-state index contributed by atoms with van der Waals surface area (Å²) < 4.78 is 1.76. The van der Waals surface area contributed by atoms with Crippen LogP contribution in [0.25, 0.3) is 11.4 Å². The van der Waals surface area contributed by atoms with Crippen molar-refractivity contribution >= 4 is 23.2 Å². The molecule has 0 saturated heterocycles. The van der Waals surface area contributed by atoms with Gasteiger partial charge in [-0.15, -0.1) is 0 Å². The fourth-order valence-corrected chi connectivity index (χ4v) is 1.93. The first-order valence-electron chi connectivity index (χ1n) is 4.50. The maximum Gasteiger partial charge on any atom is 0.159 e. The van der Waals surface area contributed by atoms with Crippen LogP contribution in [-0.4, -0.2) is 9.55 Å². The first kappa shape index (κ1) is 11.0. The van der Waals surface area contributed by atoms with E-state index in [0.717, 1.165) is 5.56 Å². The Morgan fingerprint density at radius 2 is 2.12 bits per heavy atom. The van der Waals surface area contributed by atoms with Crippen molar-refractivity contribution in [2.24, 2.45) is 7.05 Å². The van der Waals surface area contributed by atoms with Crippen LogP contribution >= 0.6 is 23.2 Å². The molecule has 0 unspecified atom stereocenters. The van der Waals surface area contributed by atoms with E-state index in [9.17, 15) is 0 Å². The maximum absolute atomic E-state index is 8.76. The second-order valence-corrected chi connectivity index (χ2v) is 4.14. The number of hydrogen-bond donors (Lipinski definition) is 0. The molecule has 0 saturated carbocycles. The van der Waals surface area contributed by atoms with E-state index in [2.05, 4.69) is 4.98 Å². The van der Waals surface area contributed by atoms with E-state index in [1.165, 1.54) is 0 Å². The summed E-state index contributed by atoms with van der Waals surface area (Å²) >= 11 is 11.9. The zero-order valence-corrected chi connectivity index (χ0v) is 9.92. The highest BCUT2D eigenvalue weighted by Crippen LogP contribution is 2.29. The molecule has 5 heteroatoms. The monoisotopic (exact) mass is 251 g/mol. The van der Waals surface area contributed by atoms with E-state index < -0.39 is 0 Å².